The molecule has 0 atom stereocenters. The molecule has 1 N–H and O–H groups in total. The quantitative estimate of drug-likeness (QED) is 0.906. The van der Waals surface area contributed by atoms with Crippen LogP contribution in [0.25, 0.3) is 11.1 Å². The molecule has 1 fully saturated rings. The van der Waals surface area contributed by atoms with Gasteiger partial charge in [-0.1, -0.05) is 48.5 Å². The summed E-state index contributed by atoms with van der Waals surface area (Å²) in [6, 6.07) is 16.6. The van der Waals surface area contributed by atoms with E-state index in [2.05, 4.69) is 24.3 Å². The zero-order valence-corrected chi connectivity index (χ0v) is 14.4. The third kappa shape index (κ3) is 2.91. The second-order valence-corrected chi connectivity index (χ2v) is 7.32. The fourth-order valence-electron chi connectivity index (χ4n) is 3.81. The number of nitrogens with zero attached hydrogens (tertiary/aromatic N) is 1. The first-order chi connectivity index (χ1) is 12.1. The average Bonchev–Trinajstić information content (AvgIpc) is 3.35. The molecule has 25 heavy (non-hydrogen) atoms. The third-order valence-electron chi connectivity index (χ3n) is 5.51. The van der Waals surface area contributed by atoms with E-state index < -0.39 is 0 Å². The molecule has 130 valence electrons. The molecular formula is C21H23NO3. The van der Waals surface area contributed by atoms with Gasteiger partial charge < -0.3 is 14.7 Å². The smallest absolute Gasteiger partial charge is 0.409 e. The van der Waals surface area contributed by atoms with Crippen molar-refractivity contribution in [2.45, 2.75) is 18.8 Å². The van der Waals surface area contributed by atoms with E-state index in [-0.39, 0.29) is 24.0 Å². The van der Waals surface area contributed by atoms with Gasteiger partial charge in [0.2, 0.25) is 0 Å². The number of rotatable bonds is 5. The molecule has 0 aliphatic heterocycles. The van der Waals surface area contributed by atoms with E-state index >= 15 is 0 Å². The Labute approximate surface area is 148 Å². The van der Waals surface area contributed by atoms with Crippen LogP contribution in [0.5, 0.6) is 0 Å². The minimum Gasteiger partial charge on any atom is -0.448 e. The Bertz CT molecular complexity index is 752. The van der Waals surface area contributed by atoms with Crippen LogP contribution in [0.15, 0.2) is 48.5 Å². The minimum atomic E-state index is -0.318. The number of amides is 1. The van der Waals surface area contributed by atoms with Gasteiger partial charge in [0.1, 0.15) is 6.61 Å². The Kier molecular flexibility index (Phi) is 4.00. The highest BCUT2D eigenvalue weighted by Gasteiger charge is 2.43. The van der Waals surface area contributed by atoms with E-state index in [1.54, 1.807) is 11.9 Å². The van der Waals surface area contributed by atoms with E-state index in [0.717, 1.165) is 12.8 Å². The Morgan fingerprint density at radius 3 is 2.20 bits per heavy atom. The maximum atomic E-state index is 12.4. The number of aliphatic hydroxyl groups is 1. The van der Waals surface area contributed by atoms with Gasteiger partial charge in [0.15, 0.2) is 0 Å². The standard InChI is InChI=1S/C21H23NO3/c1-22(13-21(14-23)10-11-21)20(24)25-12-19-17-8-4-2-6-15(17)16-7-3-5-9-18(16)19/h2-9,19,23H,10-14H2,1H3. The van der Waals surface area contributed by atoms with Crippen molar-refractivity contribution in [3.8, 4) is 11.1 Å². The van der Waals surface area contributed by atoms with E-state index in [1.165, 1.54) is 22.3 Å². The van der Waals surface area contributed by atoms with Crippen LogP contribution in [-0.4, -0.2) is 42.9 Å². The Morgan fingerprint density at radius 1 is 1.12 bits per heavy atom. The van der Waals surface area contributed by atoms with Gasteiger partial charge in [0.05, 0.1) is 6.61 Å². The van der Waals surface area contributed by atoms with Crippen molar-refractivity contribution in [1.82, 2.24) is 4.90 Å². The molecule has 4 rings (SSSR count). The first-order valence-corrected chi connectivity index (χ1v) is 8.80. The molecule has 2 aromatic carbocycles. The molecule has 4 nitrogen and oxygen atoms in total. The number of aliphatic hydroxyl groups excluding tert-OH is 1. The number of fused-ring (bicyclic) bond motifs is 3. The second-order valence-electron chi connectivity index (χ2n) is 7.32. The number of hydrogen-bond donors (Lipinski definition) is 1. The van der Waals surface area contributed by atoms with Crippen LogP contribution in [0.1, 0.15) is 29.9 Å². The first kappa shape index (κ1) is 16.2. The van der Waals surface area contributed by atoms with Gasteiger partial charge in [0.25, 0.3) is 0 Å². The van der Waals surface area contributed by atoms with Crippen LogP contribution >= 0.6 is 0 Å². The summed E-state index contributed by atoms with van der Waals surface area (Å²) in [4.78, 5) is 14.0. The van der Waals surface area contributed by atoms with Gasteiger partial charge in [0, 0.05) is 24.9 Å². The number of benzene rings is 2. The fourth-order valence-corrected chi connectivity index (χ4v) is 3.81. The topological polar surface area (TPSA) is 49.8 Å². The summed E-state index contributed by atoms with van der Waals surface area (Å²) in [5.74, 6) is 0.0810. The normalized spacial score (nSPS) is 16.9. The molecule has 0 radical (unpaired) electrons. The lowest BCUT2D eigenvalue weighted by Crippen LogP contribution is -2.35. The monoisotopic (exact) mass is 337 g/mol. The molecular weight excluding hydrogens is 314 g/mol. The Morgan fingerprint density at radius 2 is 1.68 bits per heavy atom. The summed E-state index contributed by atoms with van der Waals surface area (Å²) in [5, 5.41) is 9.43. The van der Waals surface area contributed by atoms with Crippen molar-refractivity contribution in [2.75, 3.05) is 26.8 Å². The van der Waals surface area contributed by atoms with E-state index in [9.17, 15) is 9.90 Å². The van der Waals surface area contributed by atoms with Crippen molar-refractivity contribution < 1.29 is 14.6 Å². The Hall–Kier alpha value is -2.33. The van der Waals surface area contributed by atoms with Crippen molar-refractivity contribution in [2.24, 2.45) is 5.41 Å². The highest BCUT2D eigenvalue weighted by molar-refractivity contribution is 5.79. The molecule has 0 saturated heterocycles. The molecule has 2 aromatic rings. The van der Waals surface area contributed by atoms with Crippen LogP contribution in [0.4, 0.5) is 4.79 Å². The third-order valence-corrected chi connectivity index (χ3v) is 5.51. The SMILES string of the molecule is CN(CC1(CO)CC1)C(=O)OCC1c2ccccc2-c2ccccc21. The zero-order chi connectivity index (χ0) is 17.4. The van der Waals surface area contributed by atoms with Crippen molar-refractivity contribution in [3.63, 3.8) is 0 Å². The highest BCUT2D eigenvalue weighted by Crippen LogP contribution is 2.46. The lowest BCUT2D eigenvalue weighted by Gasteiger charge is -2.23. The lowest BCUT2D eigenvalue weighted by molar-refractivity contribution is 0.0930. The van der Waals surface area contributed by atoms with E-state index in [4.69, 9.17) is 4.74 Å². The number of carbonyl (C=O) groups is 1. The van der Waals surface area contributed by atoms with Gasteiger partial charge >= 0.3 is 6.09 Å². The van der Waals surface area contributed by atoms with E-state index in [0.29, 0.717) is 13.2 Å². The number of carbonyl (C=O) groups excluding carboxylic acids is 1. The zero-order valence-electron chi connectivity index (χ0n) is 14.4. The molecule has 0 heterocycles. The molecule has 2 aliphatic carbocycles. The second kappa shape index (κ2) is 6.19. The van der Waals surface area contributed by atoms with Crippen LogP contribution in [0, 0.1) is 5.41 Å². The predicted octanol–water partition coefficient (Wildman–Crippen LogP) is 3.64. The predicted molar refractivity (Wildman–Crippen MR) is 96.5 cm³/mol. The van der Waals surface area contributed by atoms with Crippen molar-refractivity contribution >= 4 is 6.09 Å². The van der Waals surface area contributed by atoms with E-state index in [1.807, 2.05) is 24.3 Å². The summed E-state index contributed by atoms with van der Waals surface area (Å²) in [6.07, 6.45) is 1.64. The van der Waals surface area contributed by atoms with Crippen LogP contribution in [0.2, 0.25) is 0 Å². The van der Waals surface area contributed by atoms with Gasteiger partial charge in [-0.3, -0.25) is 0 Å². The Balaban J connectivity index is 1.47. The summed E-state index contributed by atoms with van der Waals surface area (Å²) in [7, 11) is 1.74. The largest absolute Gasteiger partial charge is 0.448 e. The molecule has 0 bridgehead atoms. The van der Waals surface area contributed by atoms with Crippen molar-refractivity contribution in [3.05, 3.63) is 59.7 Å². The van der Waals surface area contributed by atoms with Gasteiger partial charge in [-0.15, -0.1) is 0 Å². The average molecular weight is 337 g/mol. The summed E-state index contributed by atoms with van der Waals surface area (Å²) in [6.45, 7) is 1.03. The molecule has 4 heteroatoms. The molecule has 0 unspecified atom stereocenters. The summed E-state index contributed by atoms with van der Waals surface area (Å²) < 4.78 is 5.62. The van der Waals surface area contributed by atoms with Crippen LogP contribution < -0.4 is 0 Å². The maximum absolute atomic E-state index is 12.4. The van der Waals surface area contributed by atoms with Gasteiger partial charge in [-0.05, 0) is 35.1 Å². The molecule has 1 amide bonds. The number of ether oxygens (including phenoxy) is 1. The van der Waals surface area contributed by atoms with Crippen LogP contribution in [-0.2, 0) is 4.74 Å². The molecule has 0 spiro atoms. The van der Waals surface area contributed by atoms with Crippen molar-refractivity contribution in [1.29, 1.82) is 0 Å². The lowest BCUT2D eigenvalue weighted by atomic mass is 9.98. The number of hydrogen-bond acceptors (Lipinski definition) is 3. The molecule has 1 saturated carbocycles. The van der Waals surface area contributed by atoms with Crippen LogP contribution in [0.3, 0.4) is 0 Å². The summed E-state index contributed by atoms with van der Waals surface area (Å²) >= 11 is 0. The highest BCUT2D eigenvalue weighted by atomic mass is 16.6. The minimum absolute atomic E-state index is 0.0810. The fraction of sp³-hybridized carbons (Fsp3) is 0.381. The maximum Gasteiger partial charge on any atom is 0.409 e. The first-order valence-electron chi connectivity index (χ1n) is 8.80. The summed E-state index contributed by atoms with van der Waals surface area (Å²) in [5.41, 5.74) is 4.79. The molecule has 0 aromatic heterocycles. The van der Waals surface area contributed by atoms with Gasteiger partial charge in [-0.25, -0.2) is 4.79 Å². The molecule has 2 aliphatic rings. The van der Waals surface area contributed by atoms with Gasteiger partial charge in [-0.2, -0.15) is 0 Å².